The van der Waals surface area contributed by atoms with Gasteiger partial charge in [0.05, 0.1) is 10.0 Å². The molecule has 27 heavy (non-hydrogen) atoms. The van der Waals surface area contributed by atoms with Crippen LogP contribution in [0.4, 0.5) is 5.69 Å². The molecule has 0 atom stereocenters. The molecule has 140 valence electrons. The lowest BCUT2D eigenvalue weighted by Gasteiger charge is -2.12. The third-order valence-electron chi connectivity index (χ3n) is 3.86. The van der Waals surface area contributed by atoms with Crippen LogP contribution < -0.4 is 10.1 Å². The third-order valence-corrected chi connectivity index (χ3v) is 5.14. The van der Waals surface area contributed by atoms with Gasteiger partial charge in [0.1, 0.15) is 12.4 Å². The highest BCUT2D eigenvalue weighted by atomic mass is 35.5. The summed E-state index contributed by atoms with van der Waals surface area (Å²) in [5.41, 5.74) is 2.45. The topological polar surface area (TPSA) is 41.5 Å². The number of ether oxygens (including phenoxy) is 1. The molecule has 3 aromatic rings. The number of phenolic OH excluding ortho intramolecular Hbond substituents is 1. The standard InChI is InChI=1S/C20H15Cl4NO2/c21-16-5-2-6-17(22)15(16)11-27-14-4-1-3-12(7-14)10-25-13-8-18(23)20(26)19(24)9-13/h1-9,25-26H,10-11H2. The molecule has 0 fully saturated rings. The van der Waals surface area contributed by atoms with E-state index in [-0.39, 0.29) is 22.4 Å². The first-order chi connectivity index (χ1) is 12.9. The fourth-order valence-corrected chi connectivity index (χ4v) is 3.44. The summed E-state index contributed by atoms with van der Waals surface area (Å²) >= 11 is 24.2. The van der Waals surface area contributed by atoms with Crippen molar-refractivity contribution in [3.8, 4) is 11.5 Å². The Kier molecular flexibility index (Phi) is 6.61. The van der Waals surface area contributed by atoms with Gasteiger partial charge in [-0.15, -0.1) is 0 Å². The predicted octanol–water partition coefficient (Wildman–Crippen LogP) is 7.20. The lowest BCUT2D eigenvalue weighted by atomic mass is 10.2. The van der Waals surface area contributed by atoms with E-state index in [1.807, 2.05) is 24.3 Å². The summed E-state index contributed by atoms with van der Waals surface area (Å²) in [4.78, 5) is 0. The molecule has 0 amide bonds. The van der Waals surface area contributed by atoms with Crippen LogP contribution in [0.25, 0.3) is 0 Å². The van der Waals surface area contributed by atoms with Gasteiger partial charge >= 0.3 is 0 Å². The van der Waals surface area contributed by atoms with E-state index in [0.717, 1.165) is 11.1 Å². The van der Waals surface area contributed by atoms with E-state index >= 15 is 0 Å². The van der Waals surface area contributed by atoms with Gasteiger partial charge in [-0.05, 0) is 42.0 Å². The highest BCUT2D eigenvalue weighted by molar-refractivity contribution is 6.37. The summed E-state index contributed by atoms with van der Waals surface area (Å²) in [6, 6.07) is 16.2. The number of phenols is 1. The van der Waals surface area contributed by atoms with Gasteiger partial charge in [-0.25, -0.2) is 0 Å². The maximum atomic E-state index is 9.62. The molecule has 0 aromatic heterocycles. The second-order valence-electron chi connectivity index (χ2n) is 5.78. The Labute approximate surface area is 177 Å². The van der Waals surface area contributed by atoms with Crippen LogP contribution in [0.3, 0.4) is 0 Å². The Morgan fingerprint density at radius 2 is 1.44 bits per heavy atom. The fourth-order valence-electron chi connectivity index (χ4n) is 2.44. The lowest BCUT2D eigenvalue weighted by Crippen LogP contribution is -2.01. The van der Waals surface area contributed by atoms with E-state index < -0.39 is 0 Å². The second kappa shape index (κ2) is 8.94. The van der Waals surface area contributed by atoms with Crippen molar-refractivity contribution in [2.75, 3.05) is 5.32 Å². The first-order valence-corrected chi connectivity index (χ1v) is 9.51. The Morgan fingerprint density at radius 3 is 2.11 bits per heavy atom. The zero-order valence-corrected chi connectivity index (χ0v) is 17.0. The normalized spacial score (nSPS) is 10.7. The van der Waals surface area contributed by atoms with E-state index in [9.17, 15) is 5.11 Å². The Bertz CT molecular complexity index is 919. The molecular formula is C20H15Cl4NO2. The van der Waals surface area contributed by atoms with Crippen LogP contribution in [0, 0.1) is 0 Å². The molecule has 0 saturated carbocycles. The number of hydrogen-bond donors (Lipinski definition) is 2. The van der Waals surface area contributed by atoms with E-state index in [4.69, 9.17) is 51.1 Å². The first kappa shape index (κ1) is 20.0. The molecule has 3 rings (SSSR count). The number of halogens is 4. The number of nitrogens with one attached hydrogen (secondary N) is 1. The molecule has 0 heterocycles. The highest BCUT2D eigenvalue weighted by Gasteiger charge is 2.08. The Morgan fingerprint density at radius 1 is 0.815 bits per heavy atom. The fraction of sp³-hybridized carbons (Fsp3) is 0.100. The van der Waals surface area contributed by atoms with E-state index in [1.54, 1.807) is 30.3 Å². The molecule has 0 aliphatic heterocycles. The SMILES string of the molecule is Oc1c(Cl)cc(NCc2cccc(OCc3c(Cl)cccc3Cl)c2)cc1Cl. The van der Waals surface area contributed by atoms with Crippen molar-refractivity contribution in [3.05, 3.63) is 85.8 Å². The molecule has 0 aliphatic carbocycles. The van der Waals surface area contributed by atoms with E-state index in [1.165, 1.54) is 0 Å². The summed E-state index contributed by atoms with van der Waals surface area (Å²) in [5.74, 6) is 0.574. The van der Waals surface area contributed by atoms with Crippen molar-refractivity contribution in [3.63, 3.8) is 0 Å². The number of rotatable bonds is 6. The van der Waals surface area contributed by atoms with Crippen molar-refractivity contribution in [2.24, 2.45) is 0 Å². The van der Waals surface area contributed by atoms with Crippen molar-refractivity contribution >= 4 is 52.1 Å². The van der Waals surface area contributed by atoms with Gasteiger partial charge in [0, 0.05) is 27.8 Å². The van der Waals surface area contributed by atoms with E-state index in [2.05, 4.69) is 5.32 Å². The summed E-state index contributed by atoms with van der Waals surface area (Å²) in [6.07, 6.45) is 0. The van der Waals surface area contributed by atoms with Crippen LogP contribution >= 0.6 is 46.4 Å². The average molecular weight is 443 g/mol. The van der Waals surface area contributed by atoms with Gasteiger partial charge in [0.2, 0.25) is 0 Å². The molecule has 0 aliphatic rings. The maximum Gasteiger partial charge on any atom is 0.152 e. The molecule has 3 aromatic carbocycles. The van der Waals surface area contributed by atoms with Crippen molar-refractivity contribution in [1.29, 1.82) is 0 Å². The smallest absolute Gasteiger partial charge is 0.152 e. The second-order valence-corrected chi connectivity index (χ2v) is 7.41. The van der Waals surface area contributed by atoms with Crippen LogP contribution in [0.5, 0.6) is 11.5 Å². The molecule has 7 heteroatoms. The summed E-state index contributed by atoms with van der Waals surface area (Å²) in [6.45, 7) is 0.806. The van der Waals surface area contributed by atoms with Gasteiger partial charge in [-0.2, -0.15) is 0 Å². The minimum absolute atomic E-state index is 0.127. The minimum Gasteiger partial charge on any atom is -0.505 e. The molecule has 0 spiro atoms. The Hall–Kier alpha value is -1.78. The monoisotopic (exact) mass is 441 g/mol. The quantitative estimate of drug-likeness (QED) is 0.396. The maximum absolute atomic E-state index is 9.62. The molecular weight excluding hydrogens is 428 g/mol. The van der Waals surface area contributed by atoms with Crippen LogP contribution in [-0.4, -0.2) is 5.11 Å². The first-order valence-electron chi connectivity index (χ1n) is 8.00. The van der Waals surface area contributed by atoms with Crippen molar-refractivity contribution < 1.29 is 9.84 Å². The Balaban J connectivity index is 1.65. The zero-order chi connectivity index (χ0) is 19.4. The largest absolute Gasteiger partial charge is 0.505 e. The van der Waals surface area contributed by atoms with E-state index in [0.29, 0.717) is 28.0 Å². The van der Waals surface area contributed by atoms with Gasteiger partial charge in [-0.3, -0.25) is 0 Å². The third kappa shape index (κ3) is 5.14. The molecule has 0 unspecified atom stereocenters. The van der Waals surface area contributed by atoms with Crippen molar-refractivity contribution in [2.45, 2.75) is 13.2 Å². The van der Waals surface area contributed by atoms with Crippen LogP contribution in [0.2, 0.25) is 20.1 Å². The summed E-state index contributed by atoms with van der Waals surface area (Å²) in [5, 5.41) is 14.4. The average Bonchev–Trinajstić information content (AvgIpc) is 2.64. The molecule has 0 bridgehead atoms. The minimum atomic E-state index is -0.127. The summed E-state index contributed by atoms with van der Waals surface area (Å²) < 4.78 is 5.83. The van der Waals surface area contributed by atoms with Gasteiger partial charge in [0.15, 0.2) is 5.75 Å². The number of anilines is 1. The molecule has 0 radical (unpaired) electrons. The van der Waals surface area contributed by atoms with Crippen molar-refractivity contribution in [1.82, 2.24) is 0 Å². The van der Waals surface area contributed by atoms with Gasteiger partial charge in [0.25, 0.3) is 0 Å². The molecule has 0 saturated heterocycles. The van der Waals surface area contributed by atoms with Gasteiger partial charge in [-0.1, -0.05) is 64.6 Å². The summed E-state index contributed by atoms with van der Waals surface area (Å²) in [7, 11) is 0. The number of benzene rings is 3. The van der Waals surface area contributed by atoms with Gasteiger partial charge < -0.3 is 15.2 Å². The molecule has 2 N–H and O–H groups in total. The lowest BCUT2D eigenvalue weighted by molar-refractivity contribution is 0.306. The number of hydrogen-bond acceptors (Lipinski definition) is 3. The zero-order valence-electron chi connectivity index (χ0n) is 14.0. The molecule has 3 nitrogen and oxygen atoms in total. The van der Waals surface area contributed by atoms with Crippen LogP contribution in [-0.2, 0) is 13.2 Å². The van der Waals surface area contributed by atoms with Crippen LogP contribution in [0.1, 0.15) is 11.1 Å². The number of aromatic hydroxyl groups is 1. The predicted molar refractivity (Wildman–Crippen MR) is 113 cm³/mol. The van der Waals surface area contributed by atoms with Crippen LogP contribution in [0.15, 0.2) is 54.6 Å². The highest BCUT2D eigenvalue weighted by Crippen LogP contribution is 2.34.